The highest BCUT2D eigenvalue weighted by molar-refractivity contribution is 9.10. The van der Waals surface area contributed by atoms with Crippen molar-refractivity contribution in [1.29, 1.82) is 0 Å². The third-order valence-corrected chi connectivity index (χ3v) is 4.57. The summed E-state index contributed by atoms with van der Waals surface area (Å²) in [6, 6.07) is 12.5. The van der Waals surface area contributed by atoms with E-state index in [2.05, 4.69) is 31.5 Å². The lowest BCUT2D eigenvalue weighted by Crippen LogP contribution is -2.19. The number of nitrogens with one attached hydrogen (secondary N) is 3. The number of rotatable bonds is 2. The first-order valence-electron chi connectivity index (χ1n) is 7.40. The van der Waals surface area contributed by atoms with E-state index in [0.717, 1.165) is 15.4 Å². The van der Waals surface area contributed by atoms with Crippen molar-refractivity contribution in [3.05, 3.63) is 68.4 Å². The summed E-state index contributed by atoms with van der Waals surface area (Å²) in [5, 5.41) is 6.46. The maximum atomic E-state index is 12.1. The number of aromatic nitrogens is 1. The molecule has 0 aliphatic rings. The number of anilines is 2. The Morgan fingerprint density at radius 1 is 0.958 bits per heavy atom. The molecule has 0 saturated carbocycles. The van der Waals surface area contributed by atoms with Gasteiger partial charge in [0.25, 0.3) is 5.56 Å². The van der Waals surface area contributed by atoms with E-state index in [4.69, 9.17) is 0 Å². The molecule has 5 nitrogen and oxygen atoms in total. The lowest BCUT2D eigenvalue weighted by molar-refractivity contribution is 0.262. The minimum atomic E-state index is -0.348. The number of carbonyl (C=O) groups is 1. The molecule has 0 fully saturated rings. The summed E-state index contributed by atoms with van der Waals surface area (Å²) in [5.74, 6) is 0. The molecule has 1 heterocycles. The Labute approximate surface area is 147 Å². The summed E-state index contributed by atoms with van der Waals surface area (Å²) < 4.78 is 0.930. The topological polar surface area (TPSA) is 74.0 Å². The lowest BCUT2D eigenvalue weighted by Gasteiger charge is -2.09. The van der Waals surface area contributed by atoms with E-state index >= 15 is 0 Å². The van der Waals surface area contributed by atoms with Crippen LogP contribution in [0.1, 0.15) is 11.1 Å². The molecule has 122 valence electrons. The zero-order valence-electron chi connectivity index (χ0n) is 13.2. The van der Waals surface area contributed by atoms with Gasteiger partial charge in [0.1, 0.15) is 0 Å². The molecule has 0 aliphatic heterocycles. The van der Waals surface area contributed by atoms with Crippen molar-refractivity contribution in [2.75, 3.05) is 10.6 Å². The second kappa shape index (κ2) is 6.49. The smallest absolute Gasteiger partial charge is 0.322 e. The predicted octanol–water partition coefficient (Wildman–Crippen LogP) is 4.55. The van der Waals surface area contributed by atoms with Gasteiger partial charge in [0.15, 0.2) is 0 Å². The maximum absolute atomic E-state index is 12.1. The minimum Gasteiger partial charge on any atom is -0.322 e. The fourth-order valence-corrected chi connectivity index (χ4v) is 2.73. The SMILES string of the molecule is Cc1ccc(NC(=O)Nc2ccc3cc(C)c(=O)[nH]c3c2)cc1Br. The summed E-state index contributed by atoms with van der Waals surface area (Å²) in [4.78, 5) is 26.6. The Bertz CT molecular complexity index is 995. The molecule has 0 spiro atoms. The monoisotopic (exact) mass is 385 g/mol. The first-order valence-corrected chi connectivity index (χ1v) is 8.19. The zero-order chi connectivity index (χ0) is 17.3. The van der Waals surface area contributed by atoms with Crippen LogP contribution in [0.15, 0.2) is 51.7 Å². The zero-order valence-corrected chi connectivity index (χ0v) is 14.8. The van der Waals surface area contributed by atoms with Crippen LogP contribution >= 0.6 is 15.9 Å². The Balaban J connectivity index is 1.78. The highest BCUT2D eigenvalue weighted by Crippen LogP contribution is 2.21. The molecule has 6 heteroatoms. The second-order valence-corrected chi connectivity index (χ2v) is 6.48. The number of benzene rings is 2. The van der Waals surface area contributed by atoms with Crippen LogP contribution in [0, 0.1) is 13.8 Å². The molecule has 3 aromatic rings. The van der Waals surface area contributed by atoms with Crippen LogP contribution < -0.4 is 16.2 Å². The first-order chi connectivity index (χ1) is 11.4. The van der Waals surface area contributed by atoms with Gasteiger partial charge in [-0.1, -0.05) is 28.1 Å². The third kappa shape index (κ3) is 3.49. The van der Waals surface area contributed by atoms with Crippen LogP contribution in [0.2, 0.25) is 0 Å². The van der Waals surface area contributed by atoms with Crippen molar-refractivity contribution < 1.29 is 4.79 Å². The number of hydrogen-bond acceptors (Lipinski definition) is 2. The van der Waals surface area contributed by atoms with Crippen LogP contribution in [-0.2, 0) is 0 Å². The Morgan fingerprint density at radius 3 is 2.33 bits per heavy atom. The Kier molecular flexibility index (Phi) is 4.40. The third-order valence-electron chi connectivity index (χ3n) is 3.72. The summed E-state index contributed by atoms with van der Waals surface area (Å²) in [5.41, 5.74) is 3.59. The molecule has 0 bridgehead atoms. The number of amides is 2. The number of carbonyl (C=O) groups excluding carboxylic acids is 1. The molecule has 0 saturated heterocycles. The minimum absolute atomic E-state index is 0.131. The molecule has 0 atom stereocenters. The fraction of sp³-hybridized carbons (Fsp3) is 0.111. The van der Waals surface area contributed by atoms with Gasteiger partial charge in [-0.3, -0.25) is 4.79 Å². The number of aromatic amines is 1. The van der Waals surface area contributed by atoms with Gasteiger partial charge in [0.2, 0.25) is 0 Å². The van der Waals surface area contributed by atoms with Gasteiger partial charge in [-0.15, -0.1) is 0 Å². The van der Waals surface area contributed by atoms with Gasteiger partial charge in [-0.05, 0) is 55.1 Å². The molecule has 3 N–H and O–H groups in total. The van der Waals surface area contributed by atoms with E-state index < -0.39 is 0 Å². The van der Waals surface area contributed by atoms with E-state index in [9.17, 15) is 9.59 Å². The highest BCUT2D eigenvalue weighted by Gasteiger charge is 2.06. The standard InChI is InChI=1S/C18H16BrN3O2/c1-10-3-5-13(8-15(10)19)20-18(24)21-14-6-4-12-7-11(2)17(23)22-16(12)9-14/h3-9H,1-2H3,(H,22,23)(H2,20,21,24). The maximum Gasteiger partial charge on any atom is 0.323 e. The van der Waals surface area contributed by atoms with Crippen LogP contribution in [0.5, 0.6) is 0 Å². The van der Waals surface area contributed by atoms with Crippen molar-refractivity contribution >= 4 is 44.2 Å². The van der Waals surface area contributed by atoms with Gasteiger partial charge in [0.05, 0.1) is 5.52 Å². The molecular formula is C18H16BrN3O2. The van der Waals surface area contributed by atoms with Gasteiger partial charge >= 0.3 is 6.03 Å². The highest BCUT2D eigenvalue weighted by atomic mass is 79.9. The predicted molar refractivity (Wildman–Crippen MR) is 101 cm³/mol. The lowest BCUT2D eigenvalue weighted by atomic mass is 10.1. The summed E-state index contributed by atoms with van der Waals surface area (Å²) in [7, 11) is 0. The molecule has 1 aromatic heterocycles. The fourth-order valence-electron chi connectivity index (χ4n) is 2.35. The van der Waals surface area contributed by atoms with Gasteiger partial charge in [-0.25, -0.2) is 4.79 Å². The number of aryl methyl sites for hydroxylation is 2. The van der Waals surface area contributed by atoms with E-state index in [1.807, 2.05) is 37.3 Å². The number of pyridine rings is 1. The average molecular weight is 386 g/mol. The number of hydrogen-bond donors (Lipinski definition) is 3. The van der Waals surface area contributed by atoms with Crippen molar-refractivity contribution in [2.45, 2.75) is 13.8 Å². The summed E-state index contributed by atoms with van der Waals surface area (Å²) >= 11 is 3.44. The molecule has 0 unspecified atom stereocenters. The quantitative estimate of drug-likeness (QED) is 0.605. The normalized spacial score (nSPS) is 10.6. The first kappa shape index (κ1) is 16.3. The van der Waals surface area contributed by atoms with Crippen molar-refractivity contribution in [3.63, 3.8) is 0 Å². The average Bonchev–Trinajstić information content (AvgIpc) is 2.52. The number of H-pyrrole nitrogens is 1. The molecule has 0 radical (unpaired) electrons. The van der Waals surface area contributed by atoms with Crippen LogP contribution in [-0.4, -0.2) is 11.0 Å². The molecule has 3 rings (SSSR count). The van der Waals surface area contributed by atoms with Crippen LogP contribution in [0.25, 0.3) is 10.9 Å². The number of fused-ring (bicyclic) bond motifs is 1. The van der Waals surface area contributed by atoms with E-state index in [-0.39, 0.29) is 11.6 Å². The van der Waals surface area contributed by atoms with Crippen molar-refractivity contribution in [1.82, 2.24) is 4.98 Å². The second-order valence-electron chi connectivity index (χ2n) is 5.63. The van der Waals surface area contributed by atoms with Crippen molar-refractivity contribution in [3.8, 4) is 0 Å². The number of halogens is 1. The van der Waals surface area contributed by atoms with Gasteiger partial charge < -0.3 is 15.6 Å². The molecule has 2 aromatic carbocycles. The Morgan fingerprint density at radius 2 is 1.62 bits per heavy atom. The van der Waals surface area contributed by atoms with Crippen LogP contribution in [0.4, 0.5) is 16.2 Å². The largest absolute Gasteiger partial charge is 0.323 e. The summed E-state index contributed by atoms with van der Waals surface area (Å²) in [6.45, 7) is 3.74. The van der Waals surface area contributed by atoms with E-state index in [0.29, 0.717) is 22.5 Å². The van der Waals surface area contributed by atoms with E-state index in [1.165, 1.54) is 0 Å². The molecule has 0 aliphatic carbocycles. The van der Waals surface area contributed by atoms with Gasteiger partial charge in [0, 0.05) is 21.4 Å². The van der Waals surface area contributed by atoms with Crippen molar-refractivity contribution in [2.24, 2.45) is 0 Å². The van der Waals surface area contributed by atoms with Crippen LogP contribution in [0.3, 0.4) is 0 Å². The molecular weight excluding hydrogens is 370 g/mol. The van der Waals surface area contributed by atoms with Gasteiger partial charge in [-0.2, -0.15) is 0 Å². The van der Waals surface area contributed by atoms with E-state index in [1.54, 1.807) is 19.1 Å². The summed E-state index contributed by atoms with van der Waals surface area (Å²) in [6.07, 6.45) is 0. The number of urea groups is 1. The Hall–Kier alpha value is -2.60. The molecule has 24 heavy (non-hydrogen) atoms. The molecule has 2 amide bonds.